The maximum Gasteiger partial charge on any atom is 0.332 e. The number of thiophene rings is 1. The van der Waals surface area contributed by atoms with E-state index in [9.17, 15) is 9.59 Å². The van der Waals surface area contributed by atoms with Crippen LogP contribution < -0.4 is 22.3 Å². The standard InChI is InChI=1S/C8H10N6O2S/c9-7(15)13-11-3-5-1-2-17-6(5)4-12-14-8(10)16/h1-4H,(H3,9,13,15)(H3,10,14,16)/b11-3-,12-4-. The van der Waals surface area contributed by atoms with Gasteiger partial charge in [0, 0.05) is 5.56 Å². The SMILES string of the molecule is NC(=O)N/N=C\c1ccsc1/C=N\NC(N)=O. The van der Waals surface area contributed by atoms with Crippen LogP contribution in [0.2, 0.25) is 0 Å². The molecule has 9 heteroatoms. The molecule has 0 saturated heterocycles. The predicted octanol–water partition coefficient (Wildman–Crippen LogP) is -0.248. The molecule has 0 atom stereocenters. The lowest BCUT2D eigenvalue weighted by atomic mass is 10.3. The Labute approximate surface area is 100 Å². The fourth-order valence-corrected chi connectivity index (χ4v) is 1.59. The zero-order chi connectivity index (χ0) is 12.7. The van der Waals surface area contributed by atoms with Crippen molar-refractivity contribution in [1.82, 2.24) is 10.9 Å². The molecule has 0 aliphatic carbocycles. The summed E-state index contributed by atoms with van der Waals surface area (Å²) in [6.07, 6.45) is 2.83. The van der Waals surface area contributed by atoms with Gasteiger partial charge in [0.25, 0.3) is 0 Å². The number of hydrogen-bond acceptors (Lipinski definition) is 5. The van der Waals surface area contributed by atoms with E-state index in [0.29, 0.717) is 0 Å². The Morgan fingerprint density at radius 3 is 2.35 bits per heavy atom. The number of nitrogens with two attached hydrogens (primary N) is 2. The van der Waals surface area contributed by atoms with Crippen LogP contribution in [0, 0.1) is 0 Å². The summed E-state index contributed by atoms with van der Waals surface area (Å²) in [5, 5.41) is 9.01. The van der Waals surface area contributed by atoms with Gasteiger partial charge in [-0.3, -0.25) is 0 Å². The molecule has 0 spiro atoms. The molecule has 6 N–H and O–H groups in total. The van der Waals surface area contributed by atoms with Gasteiger partial charge in [-0.2, -0.15) is 10.2 Å². The number of urea groups is 2. The molecule has 4 amide bonds. The lowest BCUT2D eigenvalue weighted by Gasteiger charge is -1.93. The van der Waals surface area contributed by atoms with Crippen LogP contribution in [0.15, 0.2) is 21.6 Å². The van der Waals surface area contributed by atoms with Gasteiger partial charge in [-0.25, -0.2) is 20.4 Å². The smallest absolute Gasteiger partial charge is 0.332 e. The summed E-state index contributed by atoms with van der Waals surface area (Å²) in [6, 6.07) is 0.271. The van der Waals surface area contributed by atoms with Crippen LogP contribution in [-0.4, -0.2) is 24.5 Å². The molecule has 1 aromatic heterocycles. The Morgan fingerprint density at radius 1 is 1.18 bits per heavy atom. The molecular formula is C8H10N6O2S. The number of carbonyl (C=O) groups excluding carboxylic acids is 2. The average Bonchev–Trinajstić information content (AvgIpc) is 2.65. The van der Waals surface area contributed by atoms with E-state index in [1.165, 1.54) is 23.8 Å². The van der Waals surface area contributed by atoms with E-state index in [4.69, 9.17) is 11.5 Å². The van der Waals surface area contributed by atoms with E-state index in [0.717, 1.165) is 10.4 Å². The quantitative estimate of drug-likeness (QED) is 0.435. The fourth-order valence-electron chi connectivity index (χ4n) is 0.862. The van der Waals surface area contributed by atoms with Crippen LogP contribution in [0.25, 0.3) is 0 Å². The zero-order valence-corrected chi connectivity index (χ0v) is 9.40. The van der Waals surface area contributed by atoms with Crippen LogP contribution in [0.4, 0.5) is 9.59 Å². The van der Waals surface area contributed by atoms with Crippen LogP contribution in [0.3, 0.4) is 0 Å². The average molecular weight is 254 g/mol. The maximum atomic E-state index is 10.4. The lowest BCUT2D eigenvalue weighted by molar-refractivity contribution is 0.248. The summed E-state index contributed by atoms with van der Waals surface area (Å²) in [5.74, 6) is 0. The molecule has 0 saturated carbocycles. The van der Waals surface area contributed by atoms with Crippen LogP contribution in [0.5, 0.6) is 0 Å². The second-order valence-corrected chi connectivity index (χ2v) is 3.66. The summed E-state index contributed by atoms with van der Waals surface area (Å²) < 4.78 is 0. The Bertz CT molecular complexity index is 426. The van der Waals surface area contributed by atoms with Crippen molar-refractivity contribution in [2.45, 2.75) is 0 Å². The minimum Gasteiger partial charge on any atom is -0.350 e. The van der Waals surface area contributed by atoms with Gasteiger partial charge in [0.1, 0.15) is 0 Å². The Hall–Kier alpha value is -2.42. The first-order valence-electron chi connectivity index (χ1n) is 4.34. The van der Waals surface area contributed by atoms with E-state index < -0.39 is 12.1 Å². The highest BCUT2D eigenvalue weighted by molar-refractivity contribution is 7.12. The number of hydrazone groups is 2. The Morgan fingerprint density at radius 2 is 1.76 bits per heavy atom. The number of primary amides is 2. The van der Waals surface area contributed by atoms with E-state index >= 15 is 0 Å². The molecule has 0 aliphatic heterocycles. The summed E-state index contributed by atoms with van der Waals surface area (Å²) in [7, 11) is 0. The van der Waals surface area contributed by atoms with E-state index in [1.807, 2.05) is 0 Å². The minimum absolute atomic E-state index is 0.721. The van der Waals surface area contributed by atoms with Crippen molar-refractivity contribution >= 4 is 35.8 Å². The van der Waals surface area contributed by atoms with Gasteiger partial charge in [0.15, 0.2) is 0 Å². The molecule has 1 aromatic rings. The van der Waals surface area contributed by atoms with E-state index in [-0.39, 0.29) is 0 Å². The third-order valence-corrected chi connectivity index (χ3v) is 2.33. The minimum atomic E-state index is -0.748. The Kier molecular flexibility index (Phi) is 4.63. The predicted molar refractivity (Wildman–Crippen MR) is 64.9 cm³/mol. The molecule has 17 heavy (non-hydrogen) atoms. The van der Waals surface area contributed by atoms with Gasteiger partial charge in [-0.15, -0.1) is 11.3 Å². The summed E-state index contributed by atoms with van der Waals surface area (Å²) >= 11 is 1.38. The molecule has 0 aromatic carbocycles. The molecule has 0 unspecified atom stereocenters. The molecule has 0 bridgehead atoms. The summed E-state index contributed by atoms with van der Waals surface area (Å²) in [6.45, 7) is 0. The van der Waals surface area contributed by atoms with E-state index in [2.05, 4.69) is 21.1 Å². The number of carbonyl (C=O) groups is 2. The highest BCUT2D eigenvalue weighted by atomic mass is 32.1. The van der Waals surface area contributed by atoms with Crippen molar-refractivity contribution in [1.29, 1.82) is 0 Å². The molecule has 8 nitrogen and oxygen atoms in total. The summed E-state index contributed by atoms with van der Waals surface area (Å²) in [4.78, 5) is 21.5. The number of nitrogens with one attached hydrogen (secondary N) is 2. The molecule has 1 heterocycles. The van der Waals surface area contributed by atoms with Crippen molar-refractivity contribution < 1.29 is 9.59 Å². The second kappa shape index (κ2) is 6.23. The van der Waals surface area contributed by atoms with Gasteiger partial charge in [0.2, 0.25) is 0 Å². The highest BCUT2D eigenvalue weighted by Crippen LogP contribution is 2.11. The molecule has 0 radical (unpaired) electrons. The summed E-state index contributed by atoms with van der Waals surface area (Å²) in [5.41, 5.74) is 14.5. The first kappa shape index (κ1) is 12.6. The number of hydrogen-bond donors (Lipinski definition) is 4. The molecule has 1 rings (SSSR count). The van der Waals surface area contributed by atoms with Gasteiger partial charge in [0.05, 0.1) is 17.3 Å². The lowest BCUT2D eigenvalue weighted by Crippen LogP contribution is -2.24. The largest absolute Gasteiger partial charge is 0.350 e. The monoisotopic (exact) mass is 254 g/mol. The third-order valence-electron chi connectivity index (χ3n) is 1.46. The first-order valence-corrected chi connectivity index (χ1v) is 5.22. The molecule has 90 valence electrons. The van der Waals surface area contributed by atoms with Crippen molar-refractivity contribution in [2.75, 3.05) is 0 Å². The highest BCUT2D eigenvalue weighted by Gasteiger charge is 1.99. The van der Waals surface area contributed by atoms with Gasteiger partial charge in [-0.05, 0) is 11.4 Å². The van der Waals surface area contributed by atoms with Crippen LogP contribution >= 0.6 is 11.3 Å². The van der Waals surface area contributed by atoms with E-state index in [1.54, 1.807) is 11.4 Å². The molecular weight excluding hydrogens is 244 g/mol. The van der Waals surface area contributed by atoms with Crippen molar-refractivity contribution in [2.24, 2.45) is 21.7 Å². The van der Waals surface area contributed by atoms with Crippen LogP contribution in [-0.2, 0) is 0 Å². The topological polar surface area (TPSA) is 135 Å². The first-order chi connectivity index (χ1) is 8.09. The second-order valence-electron chi connectivity index (χ2n) is 2.71. The fraction of sp³-hybridized carbons (Fsp3) is 0. The zero-order valence-electron chi connectivity index (χ0n) is 8.58. The molecule has 0 fully saturated rings. The normalized spacial score (nSPS) is 10.8. The maximum absolute atomic E-state index is 10.4. The van der Waals surface area contributed by atoms with Crippen molar-refractivity contribution in [3.8, 4) is 0 Å². The van der Waals surface area contributed by atoms with Crippen molar-refractivity contribution in [3.05, 3.63) is 21.9 Å². The number of amides is 4. The van der Waals surface area contributed by atoms with Gasteiger partial charge >= 0.3 is 12.1 Å². The van der Waals surface area contributed by atoms with Crippen molar-refractivity contribution in [3.63, 3.8) is 0 Å². The number of rotatable bonds is 4. The third kappa shape index (κ3) is 4.75. The van der Waals surface area contributed by atoms with Crippen LogP contribution in [0.1, 0.15) is 10.4 Å². The molecule has 0 aliphatic rings. The number of nitrogens with zero attached hydrogens (tertiary/aromatic N) is 2. The van der Waals surface area contributed by atoms with Gasteiger partial charge < -0.3 is 11.5 Å². The van der Waals surface area contributed by atoms with Gasteiger partial charge in [-0.1, -0.05) is 0 Å². The Balaban J connectivity index is 2.65.